The number of aromatic amines is 1. The zero-order chi connectivity index (χ0) is 22.0. The Hall–Kier alpha value is -2.63. The summed E-state index contributed by atoms with van der Waals surface area (Å²) < 4.78 is 21.6. The van der Waals surface area contributed by atoms with Gasteiger partial charge in [0.1, 0.15) is 6.61 Å². The number of fused-ring (bicyclic) bond motifs is 1. The summed E-state index contributed by atoms with van der Waals surface area (Å²) in [7, 11) is 0. The molecule has 4 aromatic rings. The van der Waals surface area contributed by atoms with Crippen LogP contribution < -0.4 is 10.1 Å². The van der Waals surface area contributed by atoms with Crippen LogP contribution in [0.2, 0.25) is 0 Å². The largest absolute Gasteiger partial charge is 0.485 e. The lowest BCUT2D eigenvalue weighted by atomic mass is 10.0. The molecule has 0 saturated heterocycles. The number of benzene rings is 3. The summed E-state index contributed by atoms with van der Waals surface area (Å²) in [6.45, 7) is 1.17. The van der Waals surface area contributed by atoms with Crippen LogP contribution in [0.5, 0.6) is 5.75 Å². The summed E-state index contributed by atoms with van der Waals surface area (Å²) in [5.74, 6) is -0.0365. The second-order valence-corrected chi connectivity index (χ2v) is 9.48. The fraction of sp³-hybridized carbons (Fsp3) is 0.259. The highest BCUT2D eigenvalue weighted by Crippen LogP contribution is 2.39. The third-order valence-corrected chi connectivity index (χ3v) is 6.88. The van der Waals surface area contributed by atoms with Gasteiger partial charge in [-0.2, -0.15) is 0 Å². The maximum absolute atomic E-state index is 14.9. The minimum absolute atomic E-state index is 0.200. The van der Waals surface area contributed by atoms with Crippen molar-refractivity contribution in [1.82, 2.24) is 10.3 Å². The third-order valence-electron chi connectivity index (χ3n) is 6.26. The van der Waals surface area contributed by atoms with Gasteiger partial charge in [0.2, 0.25) is 0 Å². The Kier molecular flexibility index (Phi) is 6.03. The van der Waals surface area contributed by atoms with Gasteiger partial charge in [-0.3, -0.25) is 0 Å². The van der Waals surface area contributed by atoms with Gasteiger partial charge < -0.3 is 15.0 Å². The molecule has 3 aromatic carbocycles. The number of halogens is 2. The van der Waals surface area contributed by atoms with E-state index in [1.807, 2.05) is 36.5 Å². The minimum Gasteiger partial charge on any atom is -0.485 e. The van der Waals surface area contributed by atoms with Crippen LogP contribution in [0.15, 0.2) is 77.4 Å². The Morgan fingerprint density at radius 3 is 2.38 bits per heavy atom. The standard InChI is InChI=1S/C27H26BrFN2O/c28-22-15-23(29)26(32-18-20-9-5-2-6-10-20)24-21(17-30-25(22)24)11-14-31-27(12-13-27)16-19-7-3-1-4-8-19/h1-10,15,17,30-31H,11-14,16,18H2. The van der Waals surface area contributed by atoms with Crippen molar-refractivity contribution < 1.29 is 9.13 Å². The van der Waals surface area contributed by atoms with Gasteiger partial charge in [0.25, 0.3) is 0 Å². The van der Waals surface area contributed by atoms with Gasteiger partial charge in [0.05, 0.1) is 5.52 Å². The van der Waals surface area contributed by atoms with Crippen molar-refractivity contribution in [3.63, 3.8) is 0 Å². The third kappa shape index (κ3) is 4.59. The summed E-state index contributed by atoms with van der Waals surface area (Å²) >= 11 is 3.50. The van der Waals surface area contributed by atoms with Crippen molar-refractivity contribution in [2.75, 3.05) is 6.54 Å². The number of rotatable bonds is 9. The summed E-state index contributed by atoms with van der Waals surface area (Å²) in [5.41, 5.74) is 4.51. The van der Waals surface area contributed by atoms with Crippen LogP contribution in [0.25, 0.3) is 10.9 Å². The average molecular weight is 493 g/mol. The van der Waals surface area contributed by atoms with Crippen molar-refractivity contribution in [3.05, 3.63) is 99.9 Å². The highest BCUT2D eigenvalue weighted by molar-refractivity contribution is 9.10. The van der Waals surface area contributed by atoms with E-state index in [9.17, 15) is 4.39 Å². The van der Waals surface area contributed by atoms with Crippen LogP contribution in [0, 0.1) is 5.82 Å². The molecule has 5 rings (SSSR count). The molecule has 0 radical (unpaired) electrons. The van der Waals surface area contributed by atoms with E-state index in [2.05, 4.69) is 56.6 Å². The van der Waals surface area contributed by atoms with Gasteiger partial charge in [0.15, 0.2) is 11.6 Å². The smallest absolute Gasteiger partial charge is 0.167 e. The number of hydrogen-bond acceptors (Lipinski definition) is 2. The number of H-pyrrole nitrogens is 1. The Bertz CT molecular complexity index is 1200. The molecule has 1 aliphatic rings. The molecule has 5 heteroatoms. The van der Waals surface area contributed by atoms with Crippen LogP contribution in [0.3, 0.4) is 0 Å². The fourth-order valence-corrected chi connectivity index (χ4v) is 4.88. The Labute approximate surface area is 196 Å². The van der Waals surface area contributed by atoms with Crippen molar-refractivity contribution in [2.24, 2.45) is 0 Å². The minimum atomic E-state index is -0.350. The van der Waals surface area contributed by atoms with Gasteiger partial charge >= 0.3 is 0 Å². The Morgan fingerprint density at radius 1 is 1.00 bits per heavy atom. The van der Waals surface area contributed by atoms with E-state index < -0.39 is 0 Å². The lowest BCUT2D eigenvalue weighted by Gasteiger charge is -2.18. The molecule has 0 bridgehead atoms. The van der Waals surface area contributed by atoms with Gasteiger partial charge in [-0.15, -0.1) is 0 Å². The van der Waals surface area contributed by atoms with Crippen LogP contribution in [-0.2, 0) is 19.4 Å². The van der Waals surface area contributed by atoms with Crippen LogP contribution in [-0.4, -0.2) is 17.1 Å². The van der Waals surface area contributed by atoms with Gasteiger partial charge in [-0.25, -0.2) is 4.39 Å². The summed E-state index contributed by atoms with van der Waals surface area (Å²) in [4.78, 5) is 3.30. The average Bonchev–Trinajstić information content (AvgIpc) is 3.43. The normalized spacial score (nSPS) is 14.6. The lowest BCUT2D eigenvalue weighted by Crippen LogP contribution is -2.34. The summed E-state index contributed by atoms with van der Waals surface area (Å²) in [6, 6.07) is 22.0. The molecule has 0 atom stereocenters. The zero-order valence-corrected chi connectivity index (χ0v) is 19.4. The first-order chi connectivity index (χ1) is 15.6. The molecule has 32 heavy (non-hydrogen) atoms. The molecule has 164 valence electrons. The first kappa shape index (κ1) is 21.2. The number of ether oxygens (including phenoxy) is 1. The second-order valence-electron chi connectivity index (χ2n) is 8.63. The number of hydrogen-bond donors (Lipinski definition) is 2. The zero-order valence-electron chi connectivity index (χ0n) is 17.8. The highest BCUT2D eigenvalue weighted by atomic mass is 79.9. The van der Waals surface area contributed by atoms with Gasteiger partial charge in [-0.05, 0) is 70.9 Å². The van der Waals surface area contributed by atoms with Crippen molar-refractivity contribution in [3.8, 4) is 5.75 Å². The molecule has 3 nitrogen and oxygen atoms in total. The molecule has 0 spiro atoms. The maximum atomic E-state index is 14.9. The molecule has 0 unspecified atom stereocenters. The monoisotopic (exact) mass is 492 g/mol. The Morgan fingerprint density at radius 2 is 1.69 bits per heavy atom. The molecule has 1 aliphatic carbocycles. The molecule has 1 saturated carbocycles. The highest BCUT2D eigenvalue weighted by Gasteiger charge is 2.41. The number of nitrogens with one attached hydrogen (secondary N) is 2. The molecule has 0 aliphatic heterocycles. The van der Waals surface area contributed by atoms with Crippen LogP contribution in [0.4, 0.5) is 4.39 Å². The quantitative estimate of drug-likeness (QED) is 0.277. The molecular formula is C27H26BrFN2O. The maximum Gasteiger partial charge on any atom is 0.167 e. The van der Waals surface area contributed by atoms with E-state index in [4.69, 9.17) is 4.74 Å². The van der Waals surface area contributed by atoms with Crippen molar-refractivity contribution in [2.45, 2.75) is 37.8 Å². The van der Waals surface area contributed by atoms with E-state index in [0.717, 1.165) is 41.4 Å². The molecule has 1 fully saturated rings. The number of aromatic nitrogens is 1. The van der Waals surface area contributed by atoms with E-state index in [1.54, 1.807) is 0 Å². The molecule has 0 amide bonds. The SMILES string of the molecule is Fc1cc(Br)c2[nH]cc(CCNC3(Cc4ccccc4)CC3)c2c1OCc1ccccc1. The van der Waals surface area contributed by atoms with Crippen molar-refractivity contribution in [1.29, 1.82) is 0 Å². The predicted octanol–water partition coefficient (Wildman–Crippen LogP) is 6.56. The Balaban J connectivity index is 1.32. The van der Waals surface area contributed by atoms with E-state index in [-0.39, 0.29) is 11.4 Å². The topological polar surface area (TPSA) is 37.0 Å². The summed E-state index contributed by atoms with van der Waals surface area (Å²) in [5, 5.41) is 4.59. The molecule has 1 heterocycles. The van der Waals surface area contributed by atoms with E-state index >= 15 is 0 Å². The first-order valence-electron chi connectivity index (χ1n) is 11.1. The van der Waals surface area contributed by atoms with Gasteiger partial charge in [0, 0.05) is 21.6 Å². The molecular weight excluding hydrogens is 467 g/mol. The summed E-state index contributed by atoms with van der Waals surface area (Å²) in [6.07, 6.45) is 6.22. The first-order valence-corrected chi connectivity index (χ1v) is 11.9. The lowest BCUT2D eigenvalue weighted by molar-refractivity contribution is 0.294. The second kappa shape index (κ2) is 9.08. The van der Waals surface area contributed by atoms with Gasteiger partial charge in [-0.1, -0.05) is 60.7 Å². The van der Waals surface area contributed by atoms with E-state index in [1.165, 1.54) is 24.5 Å². The van der Waals surface area contributed by atoms with Crippen molar-refractivity contribution >= 4 is 26.8 Å². The predicted molar refractivity (Wildman–Crippen MR) is 131 cm³/mol. The van der Waals surface area contributed by atoms with E-state index in [0.29, 0.717) is 16.8 Å². The van der Waals surface area contributed by atoms with Crippen LogP contribution >= 0.6 is 15.9 Å². The fourth-order valence-electron chi connectivity index (χ4n) is 4.36. The molecule has 2 N–H and O–H groups in total. The molecule has 1 aromatic heterocycles. The van der Waals surface area contributed by atoms with Crippen LogP contribution in [0.1, 0.15) is 29.5 Å².